The van der Waals surface area contributed by atoms with Gasteiger partial charge in [0.05, 0.1) is 0 Å². The Morgan fingerprint density at radius 3 is 2.27 bits per heavy atom. The molecule has 2 aromatic rings. The maximum absolute atomic E-state index is 13.9. The summed E-state index contributed by atoms with van der Waals surface area (Å²) in [4.78, 5) is 0. The van der Waals surface area contributed by atoms with Crippen LogP contribution in [0.25, 0.3) is 11.1 Å². The van der Waals surface area contributed by atoms with Crippen molar-refractivity contribution in [1.82, 2.24) is 0 Å². The van der Waals surface area contributed by atoms with Crippen LogP contribution in [-0.4, -0.2) is 6.61 Å². The Morgan fingerprint density at radius 2 is 1.68 bits per heavy atom. The molecule has 0 fully saturated rings. The standard InChI is InChI=1S/C16H13F5O/c1-2-3-10-6-11(13(18)8-12(10)17)9-4-5-15(14(19)7-9)22-16(20)21/h4-8,16H,2-3H2,1H3. The normalized spacial score (nSPS) is 11.0. The van der Waals surface area contributed by atoms with Crippen LogP contribution < -0.4 is 4.74 Å². The van der Waals surface area contributed by atoms with Crippen molar-refractivity contribution in [2.24, 2.45) is 0 Å². The number of aryl methyl sites for hydroxylation is 1. The predicted octanol–water partition coefficient (Wildman–Crippen LogP) is 5.32. The average molecular weight is 316 g/mol. The van der Waals surface area contributed by atoms with Gasteiger partial charge >= 0.3 is 6.61 Å². The van der Waals surface area contributed by atoms with Crippen LogP contribution >= 0.6 is 0 Å². The Kier molecular flexibility index (Phi) is 5.00. The van der Waals surface area contributed by atoms with Crippen molar-refractivity contribution in [1.29, 1.82) is 0 Å². The number of ether oxygens (including phenoxy) is 1. The van der Waals surface area contributed by atoms with Gasteiger partial charge in [-0.05, 0) is 35.7 Å². The van der Waals surface area contributed by atoms with Crippen LogP contribution in [0, 0.1) is 17.5 Å². The van der Waals surface area contributed by atoms with Crippen molar-refractivity contribution in [2.75, 3.05) is 0 Å². The average Bonchev–Trinajstić information content (AvgIpc) is 2.44. The van der Waals surface area contributed by atoms with E-state index in [4.69, 9.17) is 0 Å². The summed E-state index contributed by atoms with van der Waals surface area (Å²) < 4.78 is 69.3. The number of halogens is 5. The Morgan fingerprint density at radius 1 is 0.955 bits per heavy atom. The number of benzene rings is 2. The molecule has 0 aliphatic carbocycles. The molecule has 22 heavy (non-hydrogen) atoms. The largest absolute Gasteiger partial charge is 0.432 e. The van der Waals surface area contributed by atoms with E-state index in [9.17, 15) is 22.0 Å². The molecule has 0 atom stereocenters. The highest BCUT2D eigenvalue weighted by atomic mass is 19.3. The molecule has 1 nitrogen and oxygen atoms in total. The lowest BCUT2D eigenvalue weighted by atomic mass is 9.99. The van der Waals surface area contributed by atoms with Crippen molar-refractivity contribution < 1.29 is 26.7 Å². The summed E-state index contributed by atoms with van der Waals surface area (Å²) in [6.45, 7) is -1.31. The lowest BCUT2D eigenvalue weighted by Crippen LogP contribution is -2.03. The van der Waals surface area contributed by atoms with E-state index in [0.717, 1.165) is 18.2 Å². The van der Waals surface area contributed by atoms with E-state index >= 15 is 0 Å². The lowest BCUT2D eigenvalue weighted by Gasteiger charge is -2.10. The fourth-order valence-corrected chi connectivity index (χ4v) is 2.14. The molecule has 0 aliphatic heterocycles. The molecule has 2 aromatic carbocycles. The summed E-state index contributed by atoms with van der Waals surface area (Å²) in [6.07, 6.45) is 1.08. The van der Waals surface area contributed by atoms with E-state index in [-0.39, 0.29) is 11.1 Å². The predicted molar refractivity (Wildman–Crippen MR) is 72.4 cm³/mol. The first-order valence-electron chi connectivity index (χ1n) is 6.65. The van der Waals surface area contributed by atoms with E-state index in [2.05, 4.69) is 4.74 Å². The van der Waals surface area contributed by atoms with E-state index < -0.39 is 29.8 Å². The van der Waals surface area contributed by atoms with Crippen LogP contribution in [0.1, 0.15) is 18.9 Å². The maximum Gasteiger partial charge on any atom is 0.387 e. The molecule has 0 amide bonds. The molecule has 0 aliphatic rings. The fraction of sp³-hybridized carbons (Fsp3) is 0.250. The second kappa shape index (κ2) is 6.77. The summed E-state index contributed by atoms with van der Waals surface area (Å²) in [5.74, 6) is -3.19. The molecule has 6 heteroatoms. The number of hydrogen-bond acceptors (Lipinski definition) is 1. The van der Waals surface area contributed by atoms with Crippen LogP contribution in [0.15, 0.2) is 30.3 Å². The molecule has 0 bridgehead atoms. The first kappa shape index (κ1) is 16.3. The highest BCUT2D eigenvalue weighted by molar-refractivity contribution is 5.66. The fourth-order valence-electron chi connectivity index (χ4n) is 2.14. The number of rotatable bonds is 5. The van der Waals surface area contributed by atoms with Crippen LogP contribution in [0.5, 0.6) is 5.75 Å². The van der Waals surface area contributed by atoms with Gasteiger partial charge in [0.1, 0.15) is 11.6 Å². The molecule has 0 heterocycles. The van der Waals surface area contributed by atoms with Crippen molar-refractivity contribution in [3.05, 3.63) is 53.3 Å². The third-order valence-electron chi connectivity index (χ3n) is 3.11. The van der Waals surface area contributed by atoms with Gasteiger partial charge in [-0.15, -0.1) is 0 Å². The first-order chi connectivity index (χ1) is 10.4. The molecule has 0 saturated carbocycles. The third-order valence-corrected chi connectivity index (χ3v) is 3.11. The van der Waals surface area contributed by atoms with E-state index in [1.54, 1.807) is 0 Å². The second-order valence-corrected chi connectivity index (χ2v) is 4.70. The van der Waals surface area contributed by atoms with Gasteiger partial charge in [-0.2, -0.15) is 8.78 Å². The van der Waals surface area contributed by atoms with Crippen molar-refractivity contribution in [3.63, 3.8) is 0 Å². The van der Waals surface area contributed by atoms with Crippen molar-refractivity contribution in [2.45, 2.75) is 26.4 Å². The van der Waals surface area contributed by atoms with Crippen LogP contribution in [0.4, 0.5) is 22.0 Å². The minimum atomic E-state index is -3.15. The van der Waals surface area contributed by atoms with Gasteiger partial charge in [0, 0.05) is 11.6 Å². The van der Waals surface area contributed by atoms with Gasteiger partial charge in [0.2, 0.25) is 0 Å². The molecule has 0 saturated heterocycles. The summed E-state index contributed by atoms with van der Waals surface area (Å²) >= 11 is 0. The summed E-state index contributed by atoms with van der Waals surface area (Å²) in [6, 6.07) is 5.15. The third kappa shape index (κ3) is 3.55. The summed E-state index contributed by atoms with van der Waals surface area (Å²) in [7, 11) is 0. The smallest absolute Gasteiger partial charge is 0.387 e. The number of hydrogen-bond donors (Lipinski definition) is 0. The highest BCUT2D eigenvalue weighted by Gasteiger charge is 2.15. The van der Waals surface area contributed by atoms with Gasteiger partial charge in [-0.3, -0.25) is 0 Å². The molecule has 0 N–H and O–H groups in total. The molecule has 0 spiro atoms. The minimum absolute atomic E-state index is 0.00680. The zero-order valence-electron chi connectivity index (χ0n) is 11.7. The molecular formula is C16H13F5O. The monoisotopic (exact) mass is 316 g/mol. The summed E-state index contributed by atoms with van der Waals surface area (Å²) in [5.41, 5.74) is 0.438. The van der Waals surface area contributed by atoms with E-state index in [1.807, 2.05) is 6.92 Å². The van der Waals surface area contributed by atoms with Gasteiger partial charge < -0.3 is 4.74 Å². The van der Waals surface area contributed by atoms with E-state index in [0.29, 0.717) is 18.4 Å². The van der Waals surface area contributed by atoms with Crippen LogP contribution in [-0.2, 0) is 6.42 Å². The van der Waals surface area contributed by atoms with Gasteiger partial charge in [0.15, 0.2) is 11.6 Å². The zero-order valence-corrected chi connectivity index (χ0v) is 11.7. The van der Waals surface area contributed by atoms with Gasteiger partial charge in [-0.25, -0.2) is 13.2 Å². The van der Waals surface area contributed by atoms with Crippen molar-refractivity contribution in [3.8, 4) is 16.9 Å². The molecular weight excluding hydrogens is 303 g/mol. The topological polar surface area (TPSA) is 9.23 Å². The minimum Gasteiger partial charge on any atom is -0.432 e. The second-order valence-electron chi connectivity index (χ2n) is 4.70. The van der Waals surface area contributed by atoms with E-state index in [1.165, 1.54) is 12.1 Å². The van der Waals surface area contributed by atoms with Gasteiger partial charge in [-0.1, -0.05) is 19.4 Å². The molecule has 118 valence electrons. The first-order valence-corrected chi connectivity index (χ1v) is 6.65. The summed E-state index contributed by atoms with van der Waals surface area (Å²) in [5, 5.41) is 0. The van der Waals surface area contributed by atoms with Crippen LogP contribution in [0.3, 0.4) is 0 Å². The molecule has 0 unspecified atom stereocenters. The quantitative estimate of drug-likeness (QED) is 0.678. The zero-order chi connectivity index (χ0) is 16.3. The molecule has 0 radical (unpaired) electrons. The Hall–Kier alpha value is -2.11. The number of alkyl halides is 2. The molecule has 0 aromatic heterocycles. The molecule has 2 rings (SSSR count). The SMILES string of the molecule is CCCc1cc(-c2ccc(OC(F)F)c(F)c2)c(F)cc1F. The maximum atomic E-state index is 13.9. The Labute approximate surface area is 124 Å². The Bertz CT molecular complexity index is 670. The highest BCUT2D eigenvalue weighted by Crippen LogP contribution is 2.30. The van der Waals surface area contributed by atoms with Gasteiger partial charge in [0.25, 0.3) is 0 Å². The van der Waals surface area contributed by atoms with Crippen LogP contribution in [0.2, 0.25) is 0 Å². The van der Waals surface area contributed by atoms with Crippen molar-refractivity contribution >= 4 is 0 Å². The Balaban J connectivity index is 2.43. The lowest BCUT2D eigenvalue weighted by molar-refractivity contribution is -0.0521.